The average Bonchev–Trinajstić information content (AvgIpc) is 2.74. The van der Waals surface area contributed by atoms with Crippen LogP contribution in [0.1, 0.15) is 78.7 Å². The summed E-state index contributed by atoms with van der Waals surface area (Å²) >= 11 is 0. The summed E-state index contributed by atoms with van der Waals surface area (Å²) in [6.45, 7) is 12.6. The molecule has 1 aliphatic carbocycles. The highest BCUT2D eigenvalue weighted by Gasteiger charge is 2.26. The largest absolute Gasteiger partial charge is 0.481 e. The standard InChI is InChI=1S/C20H28O2.C10H12O2/c1-15(8-6-9-16(2)14-19(21)22)11-12-18-17(3)10-7-13-20(18,4)5;1-2-9(10(11)12)8-6-4-3-5-7-8/h6,8-9,11-12,14H,7,10,13H2,1-5H3,(H,21,22);3-7,9H,2H2,1H3,(H,11,12)/b9-6+,12-11+,15-8+,16-14+;. The first-order chi connectivity index (χ1) is 16.0. The molecule has 2 N–H and O–H groups in total. The first-order valence-corrected chi connectivity index (χ1v) is 11.9. The van der Waals surface area contributed by atoms with E-state index in [1.165, 1.54) is 36.5 Å². The maximum Gasteiger partial charge on any atom is 0.328 e. The Hall–Kier alpha value is -3.14. The van der Waals surface area contributed by atoms with Crippen LogP contribution < -0.4 is 0 Å². The Kier molecular flexibility index (Phi) is 12.1. The van der Waals surface area contributed by atoms with Crippen molar-refractivity contribution >= 4 is 11.9 Å². The van der Waals surface area contributed by atoms with Gasteiger partial charge in [0.1, 0.15) is 0 Å². The Morgan fingerprint density at radius 1 is 1.06 bits per heavy atom. The van der Waals surface area contributed by atoms with Gasteiger partial charge in [-0.05, 0) is 68.6 Å². The van der Waals surface area contributed by atoms with E-state index in [9.17, 15) is 9.59 Å². The van der Waals surface area contributed by atoms with E-state index in [0.29, 0.717) is 6.42 Å². The van der Waals surface area contributed by atoms with Gasteiger partial charge >= 0.3 is 11.9 Å². The van der Waals surface area contributed by atoms with E-state index in [2.05, 4.69) is 39.8 Å². The minimum atomic E-state index is -0.912. The Morgan fingerprint density at radius 2 is 1.71 bits per heavy atom. The summed E-state index contributed by atoms with van der Waals surface area (Å²) in [6, 6.07) is 9.31. The van der Waals surface area contributed by atoms with Crippen LogP contribution >= 0.6 is 0 Å². The van der Waals surface area contributed by atoms with Gasteiger partial charge in [-0.3, -0.25) is 4.79 Å². The summed E-state index contributed by atoms with van der Waals surface area (Å²) in [5.74, 6) is -2.01. The fourth-order valence-corrected chi connectivity index (χ4v) is 4.11. The van der Waals surface area contributed by atoms with E-state index >= 15 is 0 Å². The number of benzene rings is 1. The third-order valence-corrected chi connectivity index (χ3v) is 6.03. The number of hydrogen-bond donors (Lipinski definition) is 2. The van der Waals surface area contributed by atoms with Crippen LogP contribution in [0.5, 0.6) is 0 Å². The lowest BCUT2D eigenvalue weighted by Gasteiger charge is -2.32. The first-order valence-electron chi connectivity index (χ1n) is 11.9. The zero-order valence-electron chi connectivity index (χ0n) is 21.5. The lowest BCUT2D eigenvalue weighted by Crippen LogP contribution is -2.19. The summed E-state index contributed by atoms with van der Waals surface area (Å²) in [5, 5.41) is 17.5. The Bertz CT molecular complexity index is 972. The van der Waals surface area contributed by atoms with Crippen molar-refractivity contribution in [3.63, 3.8) is 0 Å². The van der Waals surface area contributed by atoms with Crippen LogP contribution in [0, 0.1) is 5.41 Å². The van der Waals surface area contributed by atoms with Crippen molar-refractivity contribution in [2.75, 3.05) is 0 Å². The van der Waals surface area contributed by atoms with E-state index in [4.69, 9.17) is 10.2 Å². The van der Waals surface area contributed by atoms with Gasteiger partial charge in [0, 0.05) is 6.08 Å². The molecular formula is C30H40O4. The molecule has 184 valence electrons. The van der Waals surface area contributed by atoms with E-state index in [-0.39, 0.29) is 11.3 Å². The SMILES string of the molecule is CC1=C(/C=C/C(C)=C/C=C/C(C)=C/C(=O)O)C(C)(C)CCC1.CCC(C(=O)O)c1ccccc1. The Labute approximate surface area is 205 Å². The van der Waals surface area contributed by atoms with E-state index in [1.807, 2.05) is 49.4 Å². The van der Waals surface area contributed by atoms with Crippen LogP contribution in [0.3, 0.4) is 0 Å². The molecule has 0 aliphatic heterocycles. The highest BCUT2D eigenvalue weighted by Crippen LogP contribution is 2.40. The fraction of sp³-hybridized carbons (Fsp3) is 0.400. The molecular weight excluding hydrogens is 424 g/mol. The second kappa shape index (κ2) is 14.2. The maximum atomic E-state index is 10.7. The van der Waals surface area contributed by atoms with Crippen LogP contribution in [-0.4, -0.2) is 22.2 Å². The van der Waals surface area contributed by atoms with Gasteiger partial charge in [0.2, 0.25) is 0 Å². The van der Waals surface area contributed by atoms with Gasteiger partial charge in [0.25, 0.3) is 0 Å². The van der Waals surface area contributed by atoms with Crippen LogP contribution in [0.15, 0.2) is 89.1 Å². The van der Waals surface area contributed by atoms with Gasteiger partial charge in [-0.15, -0.1) is 0 Å². The van der Waals surface area contributed by atoms with E-state index in [0.717, 1.165) is 16.7 Å². The van der Waals surface area contributed by atoms with Crippen LogP contribution in [0.25, 0.3) is 0 Å². The number of allylic oxidation sites excluding steroid dienone is 9. The predicted octanol–water partition coefficient (Wildman–Crippen LogP) is 7.87. The molecule has 0 heterocycles. The first kappa shape index (κ1) is 28.9. The summed E-state index contributed by atoms with van der Waals surface area (Å²) in [7, 11) is 0. The molecule has 0 bridgehead atoms. The van der Waals surface area contributed by atoms with Crippen molar-refractivity contribution in [1.82, 2.24) is 0 Å². The zero-order chi connectivity index (χ0) is 25.7. The van der Waals surface area contributed by atoms with Crippen molar-refractivity contribution in [1.29, 1.82) is 0 Å². The van der Waals surface area contributed by atoms with Crippen LogP contribution in [-0.2, 0) is 9.59 Å². The number of carboxylic acids is 2. The lowest BCUT2D eigenvalue weighted by atomic mass is 9.72. The maximum absolute atomic E-state index is 10.7. The van der Waals surface area contributed by atoms with Crippen molar-refractivity contribution in [2.24, 2.45) is 5.41 Å². The molecule has 1 aromatic rings. The number of hydrogen-bond acceptors (Lipinski definition) is 2. The van der Waals surface area contributed by atoms with Crippen molar-refractivity contribution in [3.8, 4) is 0 Å². The van der Waals surface area contributed by atoms with Crippen molar-refractivity contribution in [3.05, 3.63) is 94.6 Å². The molecule has 1 aliphatic rings. The Morgan fingerprint density at radius 3 is 2.24 bits per heavy atom. The molecule has 0 saturated heterocycles. The van der Waals surface area contributed by atoms with E-state index < -0.39 is 11.9 Å². The van der Waals surface area contributed by atoms with E-state index in [1.54, 1.807) is 13.0 Å². The number of rotatable bonds is 8. The van der Waals surface area contributed by atoms with Crippen molar-refractivity contribution in [2.45, 2.75) is 73.1 Å². The van der Waals surface area contributed by atoms with Gasteiger partial charge in [0.05, 0.1) is 5.92 Å². The second-order valence-corrected chi connectivity index (χ2v) is 9.47. The highest BCUT2D eigenvalue weighted by atomic mass is 16.4. The molecule has 4 heteroatoms. The molecule has 0 amide bonds. The zero-order valence-corrected chi connectivity index (χ0v) is 21.5. The molecule has 1 atom stereocenters. The molecule has 0 aromatic heterocycles. The predicted molar refractivity (Wildman–Crippen MR) is 141 cm³/mol. The number of carbonyl (C=O) groups is 2. The third kappa shape index (κ3) is 10.2. The molecule has 0 spiro atoms. The normalized spacial score (nSPS) is 17.5. The monoisotopic (exact) mass is 464 g/mol. The van der Waals surface area contributed by atoms with Crippen LogP contribution in [0.4, 0.5) is 0 Å². The van der Waals surface area contributed by atoms with Gasteiger partial charge in [-0.1, -0.05) is 92.6 Å². The van der Waals surface area contributed by atoms with Crippen LogP contribution in [0.2, 0.25) is 0 Å². The molecule has 2 rings (SSSR count). The van der Waals surface area contributed by atoms with Crippen molar-refractivity contribution < 1.29 is 19.8 Å². The number of carboxylic acid groups (broad SMARTS) is 2. The molecule has 0 fully saturated rings. The summed E-state index contributed by atoms with van der Waals surface area (Å²) in [4.78, 5) is 21.3. The molecule has 34 heavy (non-hydrogen) atoms. The average molecular weight is 465 g/mol. The van der Waals surface area contributed by atoms with Gasteiger partial charge in [-0.25, -0.2) is 4.79 Å². The molecule has 1 unspecified atom stereocenters. The highest BCUT2D eigenvalue weighted by molar-refractivity contribution is 5.81. The fourth-order valence-electron chi connectivity index (χ4n) is 4.11. The summed E-state index contributed by atoms with van der Waals surface area (Å²) in [5.41, 5.74) is 5.98. The minimum Gasteiger partial charge on any atom is -0.481 e. The topological polar surface area (TPSA) is 74.6 Å². The van der Waals surface area contributed by atoms with Gasteiger partial charge in [0.15, 0.2) is 0 Å². The second-order valence-electron chi connectivity index (χ2n) is 9.47. The summed E-state index contributed by atoms with van der Waals surface area (Å²) < 4.78 is 0. The molecule has 0 radical (unpaired) electrons. The number of aliphatic carboxylic acids is 2. The van der Waals surface area contributed by atoms with Gasteiger partial charge in [-0.2, -0.15) is 0 Å². The quantitative estimate of drug-likeness (QED) is 0.303. The minimum absolute atomic E-state index is 0.260. The lowest BCUT2D eigenvalue weighted by molar-refractivity contribution is -0.139. The molecule has 0 saturated carbocycles. The smallest absolute Gasteiger partial charge is 0.328 e. The Balaban J connectivity index is 0.000000404. The summed E-state index contributed by atoms with van der Waals surface area (Å²) in [6.07, 6.45) is 15.7. The molecule has 1 aromatic carbocycles. The van der Waals surface area contributed by atoms with Gasteiger partial charge < -0.3 is 10.2 Å². The molecule has 4 nitrogen and oxygen atoms in total. The third-order valence-electron chi connectivity index (χ3n) is 6.03.